The first-order chi connectivity index (χ1) is 8.67. The Morgan fingerprint density at radius 3 is 2.56 bits per heavy atom. The standard InChI is InChI=1S/C13H21NO3S/c1-3-17-12-6-4-11(5-7-12)13(14)10-18(15)9-8-16-2/h4-7,13H,3,8-10,14H2,1-2H3. The largest absolute Gasteiger partial charge is 0.494 e. The molecule has 1 rings (SSSR count). The van der Waals surface area contributed by atoms with E-state index in [0.717, 1.165) is 11.3 Å². The number of methoxy groups -OCH3 is 1. The van der Waals surface area contributed by atoms with Crippen LogP contribution in [0, 0.1) is 0 Å². The SMILES string of the molecule is CCOc1ccc(C(N)CS(=O)CCOC)cc1. The summed E-state index contributed by atoms with van der Waals surface area (Å²) in [6, 6.07) is 7.40. The van der Waals surface area contributed by atoms with Crippen molar-refractivity contribution in [3.63, 3.8) is 0 Å². The molecule has 18 heavy (non-hydrogen) atoms. The molecular weight excluding hydrogens is 250 g/mol. The summed E-state index contributed by atoms with van der Waals surface area (Å²) in [6.07, 6.45) is 0. The lowest BCUT2D eigenvalue weighted by Crippen LogP contribution is -2.20. The summed E-state index contributed by atoms with van der Waals surface area (Å²) in [7, 11) is 0.660. The zero-order valence-corrected chi connectivity index (χ0v) is 11.7. The normalized spacial score (nSPS) is 14.2. The fourth-order valence-electron chi connectivity index (χ4n) is 1.53. The van der Waals surface area contributed by atoms with Gasteiger partial charge in [-0.2, -0.15) is 0 Å². The van der Waals surface area contributed by atoms with Gasteiger partial charge in [0.1, 0.15) is 5.75 Å². The highest BCUT2D eigenvalue weighted by Crippen LogP contribution is 2.17. The van der Waals surface area contributed by atoms with Crippen LogP contribution in [-0.4, -0.2) is 36.0 Å². The molecule has 0 fully saturated rings. The molecule has 0 aromatic heterocycles. The highest BCUT2D eigenvalue weighted by Gasteiger charge is 2.10. The molecule has 0 aliphatic heterocycles. The molecule has 0 heterocycles. The Balaban J connectivity index is 2.50. The Hall–Kier alpha value is -0.910. The van der Waals surface area contributed by atoms with Crippen molar-refractivity contribution < 1.29 is 13.7 Å². The lowest BCUT2D eigenvalue weighted by atomic mass is 10.1. The van der Waals surface area contributed by atoms with Crippen molar-refractivity contribution in [1.82, 2.24) is 0 Å². The summed E-state index contributed by atoms with van der Waals surface area (Å²) in [5.41, 5.74) is 6.99. The average Bonchev–Trinajstić information content (AvgIpc) is 2.37. The molecule has 2 N–H and O–H groups in total. The molecule has 4 nitrogen and oxygen atoms in total. The number of ether oxygens (including phenoxy) is 2. The number of benzene rings is 1. The Morgan fingerprint density at radius 2 is 2.00 bits per heavy atom. The fourth-order valence-corrected chi connectivity index (χ4v) is 2.65. The number of nitrogens with two attached hydrogens (primary N) is 1. The Labute approximate surface area is 111 Å². The van der Waals surface area contributed by atoms with Crippen molar-refractivity contribution in [2.75, 3.05) is 31.8 Å². The lowest BCUT2D eigenvalue weighted by Gasteiger charge is -2.12. The maximum Gasteiger partial charge on any atom is 0.119 e. The van der Waals surface area contributed by atoms with E-state index < -0.39 is 10.8 Å². The van der Waals surface area contributed by atoms with Gasteiger partial charge in [-0.1, -0.05) is 12.1 Å². The highest BCUT2D eigenvalue weighted by atomic mass is 32.2. The minimum absolute atomic E-state index is 0.210. The van der Waals surface area contributed by atoms with Gasteiger partial charge in [-0.05, 0) is 24.6 Å². The third kappa shape index (κ3) is 5.16. The third-order valence-electron chi connectivity index (χ3n) is 2.50. The first-order valence-electron chi connectivity index (χ1n) is 5.99. The molecule has 102 valence electrons. The molecule has 0 saturated heterocycles. The van der Waals surface area contributed by atoms with E-state index in [-0.39, 0.29) is 6.04 Å². The molecule has 5 heteroatoms. The van der Waals surface area contributed by atoms with Crippen LogP contribution in [0.15, 0.2) is 24.3 Å². The molecular formula is C13H21NO3S. The molecule has 0 amide bonds. The van der Waals surface area contributed by atoms with Crippen LogP contribution >= 0.6 is 0 Å². The predicted molar refractivity (Wildman–Crippen MR) is 74.3 cm³/mol. The second kappa shape index (κ2) is 8.24. The third-order valence-corrected chi connectivity index (χ3v) is 3.85. The second-order valence-corrected chi connectivity index (χ2v) is 5.53. The van der Waals surface area contributed by atoms with E-state index in [9.17, 15) is 4.21 Å². The van der Waals surface area contributed by atoms with Crippen LogP contribution in [0.1, 0.15) is 18.5 Å². The summed E-state index contributed by atoms with van der Waals surface area (Å²) in [5, 5.41) is 0. The van der Waals surface area contributed by atoms with Gasteiger partial charge in [-0.25, -0.2) is 0 Å². The second-order valence-electron chi connectivity index (χ2n) is 3.91. The van der Waals surface area contributed by atoms with Crippen molar-refractivity contribution >= 4 is 10.8 Å². The van der Waals surface area contributed by atoms with Crippen molar-refractivity contribution in [3.8, 4) is 5.75 Å². The van der Waals surface area contributed by atoms with Gasteiger partial charge in [0.2, 0.25) is 0 Å². The van der Waals surface area contributed by atoms with Crippen LogP contribution in [-0.2, 0) is 15.5 Å². The van der Waals surface area contributed by atoms with E-state index in [1.807, 2.05) is 31.2 Å². The summed E-state index contributed by atoms with van der Waals surface area (Å²) >= 11 is 0. The first-order valence-corrected chi connectivity index (χ1v) is 7.48. The zero-order valence-electron chi connectivity index (χ0n) is 10.9. The van der Waals surface area contributed by atoms with E-state index in [0.29, 0.717) is 24.7 Å². The highest BCUT2D eigenvalue weighted by molar-refractivity contribution is 7.85. The molecule has 0 radical (unpaired) electrons. The number of rotatable bonds is 8. The van der Waals surface area contributed by atoms with Gasteiger partial charge in [0, 0.05) is 35.5 Å². The molecule has 0 aliphatic carbocycles. The van der Waals surface area contributed by atoms with Crippen LogP contribution in [0.4, 0.5) is 0 Å². The summed E-state index contributed by atoms with van der Waals surface area (Å²) in [4.78, 5) is 0. The molecule has 0 aliphatic rings. The maximum atomic E-state index is 11.7. The van der Waals surface area contributed by atoms with Crippen molar-refractivity contribution in [2.24, 2.45) is 5.73 Å². The summed E-state index contributed by atoms with van der Waals surface area (Å²) in [5.74, 6) is 1.81. The van der Waals surface area contributed by atoms with Crippen LogP contribution in [0.25, 0.3) is 0 Å². The van der Waals surface area contributed by atoms with E-state index >= 15 is 0 Å². The Morgan fingerprint density at radius 1 is 1.33 bits per heavy atom. The maximum absolute atomic E-state index is 11.7. The number of hydrogen-bond donors (Lipinski definition) is 1. The Kier molecular flexibility index (Phi) is 6.93. The first kappa shape index (κ1) is 15.1. The van der Waals surface area contributed by atoms with Crippen molar-refractivity contribution in [2.45, 2.75) is 13.0 Å². The minimum atomic E-state index is -0.940. The minimum Gasteiger partial charge on any atom is -0.494 e. The van der Waals surface area contributed by atoms with E-state index in [1.165, 1.54) is 0 Å². The van der Waals surface area contributed by atoms with Crippen LogP contribution in [0.3, 0.4) is 0 Å². The number of hydrogen-bond acceptors (Lipinski definition) is 4. The van der Waals surface area contributed by atoms with E-state index in [1.54, 1.807) is 7.11 Å². The average molecular weight is 271 g/mol. The van der Waals surface area contributed by atoms with E-state index in [2.05, 4.69) is 0 Å². The molecule has 1 aromatic carbocycles. The van der Waals surface area contributed by atoms with Gasteiger partial charge in [0.05, 0.1) is 13.2 Å². The predicted octanol–water partition coefficient (Wildman–Crippen LogP) is 1.48. The van der Waals surface area contributed by atoms with Gasteiger partial charge in [-0.15, -0.1) is 0 Å². The van der Waals surface area contributed by atoms with Gasteiger partial charge >= 0.3 is 0 Å². The zero-order chi connectivity index (χ0) is 13.4. The van der Waals surface area contributed by atoms with Crippen molar-refractivity contribution in [3.05, 3.63) is 29.8 Å². The quantitative estimate of drug-likeness (QED) is 0.778. The Bertz CT molecular complexity index is 367. The molecule has 0 spiro atoms. The van der Waals surface area contributed by atoms with E-state index in [4.69, 9.17) is 15.2 Å². The van der Waals surface area contributed by atoms with Gasteiger partial charge < -0.3 is 15.2 Å². The van der Waals surface area contributed by atoms with Gasteiger partial charge in [-0.3, -0.25) is 4.21 Å². The molecule has 0 bridgehead atoms. The van der Waals surface area contributed by atoms with Gasteiger partial charge in [0.25, 0.3) is 0 Å². The van der Waals surface area contributed by atoms with Crippen LogP contribution < -0.4 is 10.5 Å². The smallest absolute Gasteiger partial charge is 0.119 e. The topological polar surface area (TPSA) is 61.5 Å². The molecule has 2 unspecified atom stereocenters. The van der Waals surface area contributed by atoms with Crippen LogP contribution in [0.5, 0.6) is 5.75 Å². The summed E-state index contributed by atoms with van der Waals surface area (Å²) in [6.45, 7) is 3.09. The molecule has 2 atom stereocenters. The lowest BCUT2D eigenvalue weighted by molar-refractivity contribution is 0.218. The van der Waals surface area contributed by atoms with Crippen LogP contribution in [0.2, 0.25) is 0 Å². The summed E-state index contributed by atoms with van der Waals surface area (Å²) < 4.78 is 21.9. The van der Waals surface area contributed by atoms with Gasteiger partial charge in [0.15, 0.2) is 0 Å². The monoisotopic (exact) mass is 271 g/mol. The van der Waals surface area contributed by atoms with Crippen molar-refractivity contribution in [1.29, 1.82) is 0 Å². The molecule has 0 saturated carbocycles. The molecule has 1 aromatic rings. The fraction of sp³-hybridized carbons (Fsp3) is 0.538.